The summed E-state index contributed by atoms with van der Waals surface area (Å²) in [6.45, 7) is 2.40. The number of halogens is 3. The van der Waals surface area contributed by atoms with Crippen molar-refractivity contribution in [3.05, 3.63) is 84.1 Å². The SMILES string of the molecule is O=S(=O)(NCC(c1ccco1)N1CCN(c2ccc(F)cc2)CC1)c1cc(F)ccc1F. The highest BCUT2D eigenvalue weighted by atomic mass is 32.2. The number of anilines is 1. The molecule has 3 aromatic rings. The quantitative estimate of drug-likeness (QED) is 0.578. The zero-order chi connectivity index (χ0) is 22.7. The number of rotatable bonds is 7. The summed E-state index contributed by atoms with van der Waals surface area (Å²) >= 11 is 0. The van der Waals surface area contributed by atoms with Crippen molar-refractivity contribution in [3.8, 4) is 0 Å². The topological polar surface area (TPSA) is 65.8 Å². The Morgan fingerprint density at radius 1 is 0.938 bits per heavy atom. The second kappa shape index (κ2) is 9.35. The lowest BCUT2D eigenvalue weighted by Gasteiger charge is -2.39. The average molecular weight is 465 g/mol. The van der Waals surface area contributed by atoms with E-state index in [1.54, 1.807) is 24.3 Å². The summed E-state index contributed by atoms with van der Waals surface area (Å²) < 4.78 is 73.8. The Bertz CT molecular complexity index is 1150. The van der Waals surface area contributed by atoms with Crippen LogP contribution in [0.15, 0.2) is 70.2 Å². The number of furan rings is 1. The Kier molecular flexibility index (Phi) is 6.54. The third-order valence-electron chi connectivity index (χ3n) is 5.47. The first-order valence-corrected chi connectivity index (χ1v) is 11.5. The lowest BCUT2D eigenvalue weighted by atomic mass is 10.1. The summed E-state index contributed by atoms with van der Waals surface area (Å²) in [5.74, 6) is -1.61. The van der Waals surface area contributed by atoms with Crippen molar-refractivity contribution in [3.63, 3.8) is 0 Å². The van der Waals surface area contributed by atoms with E-state index in [0.717, 1.165) is 17.8 Å². The van der Waals surface area contributed by atoms with Crippen molar-refractivity contribution in [2.75, 3.05) is 37.6 Å². The minimum atomic E-state index is -4.28. The Balaban J connectivity index is 1.47. The van der Waals surface area contributed by atoms with Crippen molar-refractivity contribution in [1.29, 1.82) is 0 Å². The minimum absolute atomic E-state index is 0.0810. The summed E-state index contributed by atoms with van der Waals surface area (Å²) in [5, 5.41) is 0. The molecule has 1 atom stereocenters. The van der Waals surface area contributed by atoms with Gasteiger partial charge in [0.2, 0.25) is 10.0 Å². The molecule has 32 heavy (non-hydrogen) atoms. The van der Waals surface area contributed by atoms with Gasteiger partial charge in [0, 0.05) is 38.4 Å². The second-order valence-electron chi connectivity index (χ2n) is 7.46. The van der Waals surface area contributed by atoms with Crippen LogP contribution in [0.25, 0.3) is 0 Å². The Morgan fingerprint density at radius 3 is 2.28 bits per heavy atom. The van der Waals surface area contributed by atoms with Gasteiger partial charge in [0.25, 0.3) is 0 Å². The fraction of sp³-hybridized carbons (Fsp3) is 0.273. The molecule has 1 aliphatic rings. The molecule has 0 aliphatic carbocycles. The van der Waals surface area contributed by atoms with E-state index in [-0.39, 0.29) is 12.4 Å². The van der Waals surface area contributed by atoms with E-state index >= 15 is 0 Å². The number of hydrogen-bond acceptors (Lipinski definition) is 5. The molecule has 0 radical (unpaired) electrons. The Labute approximate surface area is 184 Å². The molecule has 1 aromatic heterocycles. The lowest BCUT2D eigenvalue weighted by molar-refractivity contribution is 0.166. The number of piperazine rings is 1. The molecule has 6 nitrogen and oxygen atoms in total. The highest BCUT2D eigenvalue weighted by Crippen LogP contribution is 2.25. The predicted octanol–water partition coefficient (Wildman–Crippen LogP) is 3.54. The van der Waals surface area contributed by atoms with Gasteiger partial charge in [-0.25, -0.2) is 26.3 Å². The Hall–Kier alpha value is -2.82. The van der Waals surface area contributed by atoms with Crippen LogP contribution in [0.2, 0.25) is 0 Å². The zero-order valence-corrected chi connectivity index (χ0v) is 17.9. The van der Waals surface area contributed by atoms with Crippen LogP contribution in [0.3, 0.4) is 0 Å². The highest BCUT2D eigenvalue weighted by molar-refractivity contribution is 7.89. The smallest absolute Gasteiger partial charge is 0.243 e. The van der Waals surface area contributed by atoms with Crippen molar-refractivity contribution >= 4 is 15.7 Å². The molecule has 0 bridgehead atoms. The normalized spacial score (nSPS) is 16.3. The van der Waals surface area contributed by atoms with Gasteiger partial charge >= 0.3 is 0 Å². The number of benzene rings is 2. The maximum Gasteiger partial charge on any atom is 0.243 e. The first-order valence-electron chi connectivity index (χ1n) is 10.1. The summed E-state index contributed by atoms with van der Waals surface area (Å²) in [4.78, 5) is 3.43. The lowest BCUT2D eigenvalue weighted by Crippen LogP contribution is -2.49. The van der Waals surface area contributed by atoms with E-state index in [2.05, 4.69) is 14.5 Å². The molecule has 2 heterocycles. The van der Waals surface area contributed by atoms with Crippen LogP contribution in [-0.4, -0.2) is 46.0 Å². The van der Waals surface area contributed by atoms with Gasteiger partial charge in [-0.05, 0) is 54.6 Å². The fourth-order valence-corrected chi connectivity index (χ4v) is 4.91. The number of nitrogens with one attached hydrogen (secondary N) is 1. The van der Waals surface area contributed by atoms with Gasteiger partial charge in [-0.3, -0.25) is 4.90 Å². The summed E-state index contributed by atoms with van der Waals surface area (Å²) in [6, 6.07) is 11.6. The van der Waals surface area contributed by atoms with Gasteiger partial charge in [-0.15, -0.1) is 0 Å². The molecule has 1 N–H and O–H groups in total. The number of sulfonamides is 1. The third kappa shape index (κ3) is 4.98. The summed E-state index contributed by atoms with van der Waals surface area (Å²) in [7, 11) is -4.28. The van der Waals surface area contributed by atoms with Gasteiger partial charge in [-0.1, -0.05) is 0 Å². The molecule has 1 unspecified atom stereocenters. The molecule has 4 rings (SSSR count). The van der Waals surface area contributed by atoms with Crippen LogP contribution in [-0.2, 0) is 10.0 Å². The van der Waals surface area contributed by atoms with Gasteiger partial charge in [0.1, 0.15) is 28.1 Å². The van der Waals surface area contributed by atoms with E-state index in [1.807, 2.05) is 0 Å². The van der Waals surface area contributed by atoms with Crippen LogP contribution in [0.4, 0.5) is 18.9 Å². The van der Waals surface area contributed by atoms with Crippen LogP contribution in [0.1, 0.15) is 11.8 Å². The van der Waals surface area contributed by atoms with Crippen LogP contribution >= 0.6 is 0 Å². The predicted molar refractivity (Wildman–Crippen MR) is 113 cm³/mol. The van der Waals surface area contributed by atoms with Gasteiger partial charge < -0.3 is 9.32 Å². The molecule has 1 fully saturated rings. The maximum absolute atomic E-state index is 14.0. The molecule has 2 aromatic carbocycles. The molecule has 1 aliphatic heterocycles. The zero-order valence-electron chi connectivity index (χ0n) is 17.0. The second-order valence-corrected chi connectivity index (χ2v) is 9.19. The van der Waals surface area contributed by atoms with E-state index in [1.165, 1.54) is 18.4 Å². The monoisotopic (exact) mass is 465 g/mol. The molecule has 10 heteroatoms. The fourth-order valence-electron chi connectivity index (χ4n) is 3.78. The first kappa shape index (κ1) is 22.4. The van der Waals surface area contributed by atoms with Crippen LogP contribution in [0, 0.1) is 17.5 Å². The molecule has 0 saturated carbocycles. The molecule has 0 spiro atoms. The van der Waals surface area contributed by atoms with E-state index < -0.39 is 32.6 Å². The van der Waals surface area contributed by atoms with E-state index in [4.69, 9.17) is 4.42 Å². The van der Waals surface area contributed by atoms with Crippen molar-refractivity contribution in [2.24, 2.45) is 0 Å². The molecule has 1 saturated heterocycles. The molecule has 170 valence electrons. The third-order valence-corrected chi connectivity index (χ3v) is 6.91. The van der Waals surface area contributed by atoms with Gasteiger partial charge in [0.15, 0.2) is 0 Å². The van der Waals surface area contributed by atoms with E-state index in [0.29, 0.717) is 38.0 Å². The van der Waals surface area contributed by atoms with Gasteiger partial charge in [-0.2, -0.15) is 0 Å². The number of nitrogens with zero attached hydrogens (tertiary/aromatic N) is 2. The Morgan fingerprint density at radius 2 is 1.62 bits per heavy atom. The van der Waals surface area contributed by atoms with Crippen molar-refractivity contribution in [1.82, 2.24) is 9.62 Å². The van der Waals surface area contributed by atoms with Gasteiger partial charge in [0.05, 0.1) is 12.3 Å². The van der Waals surface area contributed by atoms with Crippen molar-refractivity contribution < 1.29 is 26.0 Å². The largest absolute Gasteiger partial charge is 0.468 e. The molecular weight excluding hydrogens is 443 g/mol. The minimum Gasteiger partial charge on any atom is -0.468 e. The first-order chi connectivity index (χ1) is 15.3. The molecular formula is C22H22F3N3O3S. The van der Waals surface area contributed by atoms with E-state index in [9.17, 15) is 21.6 Å². The molecule has 0 amide bonds. The average Bonchev–Trinajstić information content (AvgIpc) is 3.31. The highest BCUT2D eigenvalue weighted by Gasteiger charge is 2.29. The van der Waals surface area contributed by atoms with Crippen molar-refractivity contribution in [2.45, 2.75) is 10.9 Å². The standard InChI is InChI=1S/C22H22F3N3O3S/c23-16-3-6-18(7-4-16)27-9-11-28(12-10-27)20(21-2-1-13-31-21)15-26-32(29,30)22-14-17(24)5-8-19(22)25/h1-8,13-14,20,26H,9-12,15H2. The number of hydrogen-bond donors (Lipinski definition) is 1. The summed E-state index contributed by atoms with van der Waals surface area (Å²) in [5.41, 5.74) is 0.905. The maximum atomic E-state index is 14.0. The van der Waals surface area contributed by atoms with Crippen LogP contribution in [0.5, 0.6) is 0 Å². The summed E-state index contributed by atoms with van der Waals surface area (Å²) in [6.07, 6.45) is 1.50. The van der Waals surface area contributed by atoms with Crippen LogP contribution < -0.4 is 9.62 Å².